The van der Waals surface area contributed by atoms with Crippen molar-refractivity contribution in [2.24, 2.45) is 0 Å². The Morgan fingerprint density at radius 2 is 1.72 bits per heavy atom. The lowest BCUT2D eigenvalue weighted by molar-refractivity contribution is -0.114. The van der Waals surface area contributed by atoms with Crippen molar-refractivity contribution in [2.45, 2.75) is 33.2 Å². The van der Waals surface area contributed by atoms with Crippen molar-refractivity contribution in [3.63, 3.8) is 0 Å². The van der Waals surface area contributed by atoms with Gasteiger partial charge in [-0.3, -0.25) is 9.59 Å². The number of carbonyl (C=O) groups excluding carboxylic acids is 3. The van der Waals surface area contributed by atoms with Crippen LogP contribution >= 0.6 is 0 Å². The molecule has 1 aliphatic rings. The van der Waals surface area contributed by atoms with E-state index in [0.717, 1.165) is 6.42 Å². The zero-order valence-corrected chi connectivity index (χ0v) is 15.0. The van der Waals surface area contributed by atoms with E-state index in [0.29, 0.717) is 37.4 Å². The Morgan fingerprint density at radius 3 is 2.40 bits per heavy atom. The first-order valence-electron chi connectivity index (χ1n) is 8.59. The zero-order chi connectivity index (χ0) is 18.4. The van der Waals surface area contributed by atoms with Crippen LogP contribution in [-0.2, 0) is 4.79 Å². The highest BCUT2D eigenvalue weighted by Crippen LogP contribution is 2.14. The van der Waals surface area contributed by atoms with Crippen LogP contribution in [0, 0.1) is 0 Å². The monoisotopic (exact) mass is 346 g/mol. The fourth-order valence-corrected chi connectivity index (χ4v) is 2.78. The van der Waals surface area contributed by atoms with E-state index in [4.69, 9.17) is 0 Å². The molecular weight excluding hydrogens is 320 g/mol. The van der Waals surface area contributed by atoms with Gasteiger partial charge in [-0.15, -0.1) is 0 Å². The van der Waals surface area contributed by atoms with Crippen LogP contribution in [0.3, 0.4) is 0 Å². The van der Waals surface area contributed by atoms with Crippen LogP contribution in [-0.4, -0.2) is 59.9 Å². The topological polar surface area (TPSA) is 81.8 Å². The molecule has 0 saturated carbocycles. The molecule has 0 spiro atoms. The summed E-state index contributed by atoms with van der Waals surface area (Å²) >= 11 is 0. The summed E-state index contributed by atoms with van der Waals surface area (Å²) < 4.78 is 0. The maximum absolute atomic E-state index is 12.7. The molecule has 0 aromatic heterocycles. The smallest absolute Gasteiger partial charge is 0.317 e. The molecule has 1 fully saturated rings. The molecule has 1 aliphatic heterocycles. The second-order valence-corrected chi connectivity index (χ2v) is 6.50. The van der Waals surface area contributed by atoms with Crippen molar-refractivity contribution in [1.82, 2.24) is 15.1 Å². The Hall–Kier alpha value is -2.57. The third kappa shape index (κ3) is 5.48. The number of anilines is 1. The van der Waals surface area contributed by atoms with Gasteiger partial charge >= 0.3 is 6.03 Å². The minimum Gasteiger partial charge on any atom is -0.337 e. The normalized spacial score (nSPS) is 14.9. The number of urea groups is 1. The second kappa shape index (κ2) is 8.50. The molecule has 0 atom stereocenters. The molecule has 136 valence electrons. The number of amides is 4. The van der Waals surface area contributed by atoms with Gasteiger partial charge in [0.05, 0.1) is 0 Å². The molecule has 2 N–H and O–H groups in total. The zero-order valence-electron chi connectivity index (χ0n) is 15.0. The van der Waals surface area contributed by atoms with Gasteiger partial charge in [0.2, 0.25) is 5.91 Å². The lowest BCUT2D eigenvalue weighted by Crippen LogP contribution is -2.44. The van der Waals surface area contributed by atoms with E-state index in [2.05, 4.69) is 10.6 Å². The highest BCUT2D eigenvalue weighted by molar-refractivity contribution is 5.96. The lowest BCUT2D eigenvalue weighted by Gasteiger charge is -2.23. The average Bonchev–Trinajstić information content (AvgIpc) is 2.79. The van der Waals surface area contributed by atoms with Crippen molar-refractivity contribution < 1.29 is 14.4 Å². The Labute approximate surface area is 148 Å². The molecule has 1 saturated heterocycles. The Bertz CT molecular complexity index is 645. The third-order valence-electron chi connectivity index (χ3n) is 3.91. The Morgan fingerprint density at radius 1 is 1.04 bits per heavy atom. The number of nitrogens with zero attached hydrogens (tertiary/aromatic N) is 2. The molecular formula is C18H26N4O3. The van der Waals surface area contributed by atoms with Crippen LogP contribution in [0.25, 0.3) is 0 Å². The van der Waals surface area contributed by atoms with Crippen LogP contribution in [0.15, 0.2) is 24.3 Å². The quantitative estimate of drug-likeness (QED) is 0.877. The minimum atomic E-state index is -0.175. The number of rotatable bonds is 3. The second-order valence-electron chi connectivity index (χ2n) is 6.50. The summed E-state index contributed by atoms with van der Waals surface area (Å²) in [7, 11) is 0. The molecule has 7 nitrogen and oxygen atoms in total. The predicted molar refractivity (Wildman–Crippen MR) is 96.5 cm³/mol. The van der Waals surface area contributed by atoms with Gasteiger partial charge in [-0.05, 0) is 38.5 Å². The number of benzene rings is 1. The van der Waals surface area contributed by atoms with E-state index < -0.39 is 0 Å². The fraction of sp³-hybridized carbons (Fsp3) is 0.500. The molecule has 0 aliphatic carbocycles. The first kappa shape index (κ1) is 18.8. The van der Waals surface area contributed by atoms with Gasteiger partial charge in [0.1, 0.15) is 0 Å². The lowest BCUT2D eigenvalue weighted by atomic mass is 10.1. The molecule has 7 heteroatoms. The highest BCUT2D eigenvalue weighted by Gasteiger charge is 2.23. The van der Waals surface area contributed by atoms with Crippen LogP contribution < -0.4 is 10.6 Å². The standard InChI is InChI=1S/C18H26N4O3/c1-13(2)19-18(25)22-9-5-8-21(10-11-22)17(24)15-6-4-7-16(12-15)20-14(3)23/h4,6-7,12-13H,5,8-11H2,1-3H3,(H,19,25)(H,20,23). The van der Waals surface area contributed by atoms with Crippen LogP contribution in [0.5, 0.6) is 0 Å². The molecule has 1 aromatic rings. The van der Waals surface area contributed by atoms with Gasteiger partial charge in [-0.1, -0.05) is 6.07 Å². The molecule has 2 rings (SSSR count). The van der Waals surface area contributed by atoms with Crippen molar-refractivity contribution in [1.29, 1.82) is 0 Å². The Balaban J connectivity index is 2.01. The fourth-order valence-electron chi connectivity index (χ4n) is 2.78. The van der Waals surface area contributed by atoms with E-state index in [9.17, 15) is 14.4 Å². The first-order valence-corrected chi connectivity index (χ1v) is 8.59. The van der Waals surface area contributed by atoms with E-state index in [1.165, 1.54) is 6.92 Å². The summed E-state index contributed by atoms with van der Waals surface area (Å²) in [5, 5.41) is 5.57. The van der Waals surface area contributed by atoms with Gasteiger partial charge in [-0.25, -0.2) is 4.79 Å². The maximum Gasteiger partial charge on any atom is 0.317 e. The van der Waals surface area contributed by atoms with Crippen molar-refractivity contribution >= 4 is 23.5 Å². The largest absolute Gasteiger partial charge is 0.337 e. The summed E-state index contributed by atoms with van der Waals surface area (Å²) in [6.07, 6.45) is 0.739. The minimum absolute atomic E-state index is 0.0849. The number of carbonyl (C=O) groups is 3. The van der Waals surface area contributed by atoms with Crippen LogP contribution in [0.1, 0.15) is 37.6 Å². The Kier molecular flexibility index (Phi) is 6.38. The molecule has 0 unspecified atom stereocenters. The highest BCUT2D eigenvalue weighted by atomic mass is 16.2. The molecule has 0 radical (unpaired) electrons. The van der Waals surface area contributed by atoms with E-state index in [1.54, 1.807) is 34.1 Å². The molecule has 25 heavy (non-hydrogen) atoms. The summed E-state index contributed by atoms with van der Waals surface area (Å²) in [5.74, 6) is -0.260. The van der Waals surface area contributed by atoms with Gasteiger partial charge in [0.25, 0.3) is 5.91 Å². The summed E-state index contributed by atoms with van der Waals surface area (Å²) in [6, 6.07) is 6.92. The van der Waals surface area contributed by atoms with Crippen molar-refractivity contribution in [3.8, 4) is 0 Å². The molecule has 4 amide bonds. The molecule has 1 heterocycles. The summed E-state index contributed by atoms with van der Waals surface area (Å²) in [4.78, 5) is 39.5. The maximum atomic E-state index is 12.7. The van der Waals surface area contributed by atoms with Crippen molar-refractivity contribution in [3.05, 3.63) is 29.8 Å². The third-order valence-corrected chi connectivity index (χ3v) is 3.91. The van der Waals surface area contributed by atoms with E-state index in [-0.39, 0.29) is 23.9 Å². The SMILES string of the molecule is CC(=O)Nc1cccc(C(=O)N2CCCN(C(=O)NC(C)C)CC2)c1. The van der Waals surface area contributed by atoms with Crippen molar-refractivity contribution in [2.75, 3.05) is 31.5 Å². The van der Waals surface area contributed by atoms with Crippen LogP contribution in [0.2, 0.25) is 0 Å². The van der Waals surface area contributed by atoms with Gasteiger partial charge in [0, 0.05) is 50.4 Å². The molecule has 1 aromatic carbocycles. The number of hydrogen-bond acceptors (Lipinski definition) is 3. The predicted octanol–water partition coefficient (Wildman–Crippen LogP) is 1.91. The number of hydrogen-bond donors (Lipinski definition) is 2. The summed E-state index contributed by atoms with van der Waals surface area (Å²) in [6.45, 7) is 7.52. The van der Waals surface area contributed by atoms with Gasteiger partial charge in [-0.2, -0.15) is 0 Å². The average molecular weight is 346 g/mol. The summed E-state index contributed by atoms with van der Waals surface area (Å²) in [5.41, 5.74) is 1.14. The molecule has 0 bridgehead atoms. The van der Waals surface area contributed by atoms with Gasteiger partial charge < -0.3 is 20.4 Å². The van der Waals surface area contributed by atoms with Crippen LogP contribution in [0.4, 0.5) is 10.5 Å². The number of nitrogens with one attached hydrogen (secondary N) is 2. The van der Waals surface area contributed by atoms with Gasteiger partial charge in [0.15, 0.2) is 0 Å². The van der Waals surface area contributed by atoms with E-state index >= 15 is 0 Å². The first-order chi connectivity index (χ1) is 11.9. The van der Waals surface area contributed by atoms with E-state index in [1.807, 2.05) is 13.8 Å².